The fourth-order valence-corrected chi connectivity index (χ4v) is 4.38. The number of Topliss-reactive ketones (excluding diaryl/α,β-unsaturated/α-hetero) is 1. The highest BCUT2D eigenvalue weighted by atomic mass is 35.5. The minimum atomic E-state index is -4.67. The van der Waals surface area contributed by atoms with Crippen molar-refractivity contribution in [3.63, 3.8) is 0 Å². The summed E-state index contributed by atoms with van der Waals surface area (Å²) in [6, 6.07) is 7.85. The number of aromatic hydroxyl groups is 1. The minimum absolute atomic E-state index is 0. The Balaban J connectivity index is -0.000000368. The van der Waals surface area contributed by atoms with Gasteiger partial charge in [-0.05, 0) is 55.3 Å². The third-order valence-electron chi connectivity index (χ3n) is 7.05. The molecule has 4 rings (SSSR count). The van der Waals surface area contributed by atoms with E-state index < -0.39 is 101 Å². The quantitative estimate of drug-likeness (QED) is 0.0836. The highest BCUT2D eigenvalue weighted by Gasteiger charge is 2.36. The van der Waals surface area contributed by atoms with Crippen LogP contribution in [0.2, 0.25) is 5.02 Å². The van der Waals surface area contributed by atoms with Crippen molar-refractivity contribution >= 4 is 40.1 Å². The molecule has 0 fully saturated rings. The Bertz CT molecular complexity index is 2180. The van der Waals surface area contributed by atoms with E-state index in [0.717, 1.165) is 31.2 Å². The second-order valence-electron chi connectivity index (χ2n) is 11.6. The molecule has 0 aliphatic heterocycles. The van der Waals surface area contributed by atoms with E-state index in [1.165, 1.54) is 0 Å². The number of carbonyl (C=O) groups is 1. The Hall–Kier alpha value is -6.60. The number of nitro benzene ring substituents is 4. The summed E-state index contributed by atoms with van der Waals surface area (Å²) in [4.78, 5) is 48.7. The molecule has 64 heavy (non-hydrogen) atoms. The van der Waals surface area contributed by atoms with Crippen molar-refractivity contribution in [3.05, 3.63) is 152 Å². The first-order valence-corrected chi connectivity index (χ1v) is 15.8. The van der Waals surface area contributed by atoms with Gasteiger partial charge in [0.25, 0.3) is 17.1 Å². The van der Waals surface area contributed by atoms with Crippen molar-refractivity contribution in [2.75, 3.05) is 0 Å². The summed E-state index contributed by atoms with van der Waals surface area (Å²) in [6.07, 6.45) is -18.5. The molecule has 0 aromatic heterocycles. The Morgan fingerprint density at radius 3 is 1.14 bits per heavy atom. The lowest BCUT2D eigenvalue weighted by Crippen LogP contribution is -2.08. The number of phenols is 1. The average molecular weight is 963 g/mol. The largest absolute Gasteiger partial charge is 0.502 e. The SMILES string of the molecule is C.C.C.C.CC(=O)c1ccc(C(F)(F)F)cc1[N+](=O)[O-].CC(C)c1ccc(C(F)(F)F)cc1[N+](=O)[O-].O=[N+]([O-])c1cc(C(F)(F)F)ccc1Cl.O=[N+]([O-])c1cc(C(F)(F)F)ccc1O. The van der Waals surface area contributed by atoms with Crippen molar-refractivity contribution in [2.24, 2.45) is 0 Å². The molecule has 0 spiro atoms. The number of benzene rings is 4. The van der Waals surface area contributed by atoms with E-state index in [-0.39, 0.29) is 52.3 Å². The van der Waals surface area contributed by atoms with E-state index in [1.54, 1.807) is 13.8 Å². The molecule has 4 aromatic rings. The molecule has 0 atom stereocenters. The fourth-order valence-electron chi connectivity index (χ4n) is 4.20. The molecule has 14 nitrogen and oxygen atoms in total. The van der Waals surface area contributed by atoms with Crippen LogP contribution in [0.15, 0.2) is 72.8 Å². The Kier molecular flexibility index (Phi) is 24.9. The van der Waals surface area contributed by atoms with Crippen LogP contribution in [0.1, 0.15) is 94.6 Å². The number of hydrogen-bond acceptors (Lipinski definition) is 10. The number of hydrogen-bond donors (Lipinski definition) is 1. The Labute approximate surface area is 360 Å². The maximum absolute atomic E-state index is 12.3. The average Bonchev–Trinajstić information content (AvgIpc) is 3.10. The van der Waals surface area contributed by atoms with Gasteiger partial charge >= 0.3 is 30.4 Å². The second kappa shape index (κ2) is 24.9. The lowest BCUT2D eigenvalue weighted by atomic mass is 9.99. The van der Waals surface area contributed by atoms with Crippen LogP contribution in [0.4, 0.5) is 75.4 Å². The van der Waals surface area contributed by atoms with Gasteiger partial charge in [0.2, 0.25) is 0 Å². The van der Waals surface area contributed by atoms with Gasteiger partial charge in [0, 0.05) is 29.8 Å². The zero-order valence-corrected chi connectivity index (χ0v) is 30.6. The van der Waals surface area contributed by atoms with E-state index in [1.807, 2.05) is 0 Å². The van der Waals surface area contributed by atoms with Crippen molar-refractivity contribution < 1.29 is 82.3 Å². The summed E-state index contributed by atoms with van der Waals surface area (Å²) in [5.41, 5.74) is -7.45. The van der Waals surface area contributed by atoms with Crippen LogP contribution in [0.25, 0.3) is 0 Å². The molecule has 0 amide bonds. The summed E-state index contributed by atoms with van der Waals surface area (Å²) in [5.74, 6) is -1.63. The van der Waals surface area contributed by atoms with Gasteiger partial charge in [-0.3, -0.25) is 45.3 Å². The lowest BCUT2D eigenvalue weighted by Gasteiger charge is -2.10. The van der Waals surface area contributed by atoms with E-state index in [9.17, 15) is 97.9 Å². The van der Waals surface area contributed by atoms with E-state index in [2.05, 4.69) is 0 Å². The summed E-state index contributed by atoms with van der Waals surface area (Å²) < 4.78 is 146. The first-order valence-electron chi connectivity index (χ1n) is 15.4. The van der Waals surface area contributed by atoms with Gasteiger partial charge in [-0.1, -0.05) is 61.2 Å². The number of ketones is 1. The highest BCUT2D eigenvalue weighted by Crippen LogP contribution is 2.38. The molecule has 27 heteroatoms. The van der Waals surface area contributed by atoms with Crippen molar-refractivity contribution in [1.82, 2.24) is 0 Å². The fraction of sp³-hybridized carbons (Fsp3) is 0.324. The minimum Gasteiger partial charge on any atom is -0.502 e. The second-order valence-corrected chi connectivity index (χ2v) is 12.0. The van der Waals surface area contributed by atoms with Crippen LogP contribution in [-0.2, 0) is 24.7 Å². The maximum atomic E-state index is 12.3. The van der Waals surface area contributed by atoms with Gasteiger partial charge in [0.05, 0.1) is 47.5 Å². The van der Waals surface area contributed by atoms with E-state index >= 15 is 0 Å². The van der Waals surface area contributed by atoms with Crippen LogP contribution in [0.5, 0.6) is 5.75 Å². The monoisotopic (exact) mass is 962 g/mol. The van der Waals surface area contributed by atoms with Gasteiger partial charge in [-0.2, -0.15) is 52.7 Å². The van der Waals surface area contributed by atoms with Gasteiger partial charge in [0.1, 0.15) is 5.02 Å². The number of carbonyl (C=O) groups excluding carboxylic acids is 1. The number of alkyl halides is 12. The molecule has 0 aliphatic rings. The van der Waals surface area contributed by atoms with Crippen molar-refractivity contribution in [3.8, 4) is 5.75 Å². The molecule has 0 radical (unpaired) electrons. The molecule has 1 N–H and O–H groups in total. The first-order chi connectivity index (χ1) is 27.1. The zero-order chi connectivity index (χ0) is 46.9. The molecule has 0 saturated carbocycles. The van der Waals surface area contributed by atoms with E-state index in [0.29, 0.717) is 48.0 Å². The predicted molar refractivity (Wildman–Crippen MR) is 210 cm³/mol. The van der Waals surface area contributed by atoms with Crippen LogP contribution >= 0.6 is 11.6 Å². The highest BCUT2D eigenvalue weighted by molar-refractivity contribution is 6.32. The molecule has 0 unspecified atom stereocenters. The van der Waals surface area contributed by atoms with Gasteiger partial charge in [0.15, 0.2) is 11.5 Å². The normalized spacial score (nSPS) is 10.8. The van der Waals surface area contributed by atoms with Gasteiger partial charge in [-0.25, -0.2) is 0 Å². The third-order valence-corrected chi connectivity index (χ3v) is 7.37. The van der Waals surface area contributed by atoms with Crippen LogP contribution in [0.3, 0.4) is 0 Å². The Morgan fingerprint density at radius 2 is 0.812 bits per heavy atom. The molecule has 0 saturated heterocycles. The predicted octanol–water partition coefficient (Wildman–Crippen LogP) is 14.7. The summed E-state index contributed by atoms with van der Waals surface area (Å²) in [5, 5.41) is 50.1. The van der Waals surface area contributed by atoms with Gasteiger partial charge < -0.3 is 5.11 Å². The summed E-state index contributed by atoms with van der Waals surface area (Å²) in [7, 11) is 0. The molecule has 0 bridgehead atoms. The molecule has 4 aromatic carbocycles. The van der Waals surface area contributed by atoms with Crippen molar-refractivity contribution in [2.45, 2.75) is 81.1 Å². The molecule has 0 aliphatic carbocycles. The Morgan fingerprint density at radius 1 is 0.516 bits per heavy atom. The number of halogens is 13. The standard InChI is InChI=1S/C10H10F3NO2.C9H6F3NO3.C7H3ClF3NO2.C7H4F3NO3.4CH4/c1-6(2)8-4-3-7(10(11,12)13)5-9(8)14(15)16;1-5(14)7-3-2-6(9(10,11)12)4-8(7)13(15)16;8-5-2-1-4(7(9,10)11)3-6(5)12(13)14;8-7(9,10)4-1-2-6(12)5(3-4)11(13)14;;;;/h3-6H,1-2H3;2-4H,1H3;1-3H;1-3,12H;4*1H4. The number of phenolic OH excluding ortho intramolecular Hbond substituents is 1. The smallest absolute Gasteiger partial charge is 0.416 e. The number of nitrogens with zero attached hydrogens (tertiary/aromatic N) is 4. The lowest BCUT2D eigenvalue weighted by molar-refractivity contribution is -0.386. The first kappa shape index (κ1) is 64.0. The summed E-state index contributed by atoms with van der Waals surface area (Å²) in [6.45, 7) is 4.43. The van der Waals surface area contributed by atoms with Crippen LogP contribution in [0, 0.1) is 40.5 Å². The number of nitro groups is 4. The third kappa shape index (κ3) is 18.8. The number of rotatable bonds is 6. The maximum Gasteiger partial charge on any atom is 0.416 e. The van der Waals surface area contributed by atoms with Crippen LogP contribution in [-0.4, -0.2) is 30.6 Å². The topological polar surface area (TPSA) is 210 Å². The molecular formula is C37H39ClF12N4O10. The molecular weight excluding hydrogens is 924 g/mol. The van der Waals surface area contributed by atoms with Crippen molar-refractivity contribution in [1.29, 1.82) is 0 Å². The summed E-state index contributed by atoms with van der Waals surface area (Å²) >= 11 is 5.33. The molecule has 358 valence electrons. The molecule has 0 heterocycles. The van der Waals surface area contributed by atoms with E-state index in [4.69, 9.17) is 16.7 Å². The zero-order valence-electron chi connectivity index (χ0n) is 29.8. The van der Waals surface area contributed by atoms with Crippen LogP contribution < -0.4 is 0 Å². The van der Waals surface area contributed by atoms with Gasteiger partial charge in [-0.15, -0.1) is 0 Å².